The van der Waals surface area contributed by atoms with Crippen LogP contribution in [0, 0.1) is 18.4 Å². The Morgan fingerprint density at radius 2 is 2.13 bits per heavy atom. The van der Waals surface area contributed by atoms with Crippen molar-refractivity contribution in [3.05, 3.63) is 48.3 Å². The molecule has 0 saturated heterocycles. The van der Waals surface area contributed by atoms with Crippen LogP contribution >= 0.6 is 0 Å². The molecule has 9 nitrogen and oxygen atoms in total. The molecule has 3 aromatic rings. The highest BCUT2D eigenvalue weighted by Gasteiger charge is 2.41. The largest absolute Gasteiger partial charge is 0.456 e. The van der Waals surface area contributed by atoms with Gasteiger partial charge in [0.25, 0.3) is 0 Å². The number of esters is 1. The minimum absolute atomic E-state index is 0.0123. The maximum Gasteiger partial charge on any atom is 0.312 e. The zero-order valence-electron chi connectivity index (χ0n) is 16.2. The fraction of sp³-hybridized carbons (Fsp3) is 0.300. The van der Waals surface area contributed by atoms with Crippen LogP contribution in [0.15, 0.2) is 36.7 Å². The molecule has 1 aromatic carbocycles. The van der Waals surface area contributed by atoms with Gasteiger partial charge in [0, 0.05) is 7.11 Å². The van der Waals surface area contributed by atoms with Gasteiger partial charge in [-0.1, -0.05) is 36.3 Å². The summed E-state index contributed by atoms with van der Waals surface area (Å²) in [6, 6.07) is 8.97. The van der Waals surface area contributed by atoms with E-state index in [9.17, 15) is 14.3 Å². The number of hydrogen-bond acceptors (Lipinski definition) is 8. The molecular weight excluding hydrogens is 393 g/mol. The molecule has 30 heavy (non-hydrogen) atoms. The summed E-state index contributed by atoms with van der Waals surface area (Å²) in [5.41, 5.74) is 5.05. The average Bonchev–Trinajstić information content (AvgIpc) is 3.13. The number of nitrogens with zero attached hydrogens (tertiary/aromatic N) is 4. The number of imidazole rings is 1. The maximum absolute atomic E-state index is 13.7. The van der Waals surface area contributed by atoms with Gasteiger partial charge in [0.05, 0.1) is 25.9 Å². The van der Waals surface area contributed by atoms with Gasteiger partial charge in [0.1, 0.15) is 5.52 Å². The lowest BCUT2D eigenvalue weighted by atomic mass is 9.97. The van der Waals surface area contributed by atoms with Crippen LogP contribution in [0.4, 0.5) is 10.2 Å². The number of nitrogen functional groups attached to an aromatic ring is 1. The SMILES string of the molecule is C#CC(CO)(OC)[C@H](Cn1cnc2c(N)nc(F)nc21)OC(=O)Cc1ccccc1. The normalized spacial score (nSPS) is 14.1. The van der Waals surface area contributed by atoms with Crippen LogP contribution < -0.4 is 5.73 Å². The van der Waals surface area contributed by atoms with Crippen molar-refractivity contribution >= 4 is 23.0 Å². The summed E-state index contributed by atoms with van der Waals surface area (Å²) in [6.45, 7) is -0.743. The molecule has 3 N–H and O–H groups in total. The number of rotatable bonds is 8. The molecule has 0 bridgehead atoms. The second-order valence-electron chi connectivity index (χ2n) is 6.48. The van der Waals surface area contributed by atoms with Gasteiger partial charge in [-0.15, -0.1) is 6.42 Å². The second kappa shape index (κ2) is 8.86. The van der Waals surface area contributed by atoms with Gasteiger partial charge in [0.2, 0.25) is 0 Å². The Kier molecular flexibility index (Phi) is 6.25. The minimum atomic E-state index is -1.64. The number of ether oxygens (including phenoxy) is 2. The number of fused-ring (bicyclic) bond motifs is 1. The van der Waals surface area contributed by atoms with E-state index in [-0.39, 0.29) is 29.9 Å². The molecule has 0 aliphatic carbocycles. The third-order valence-electron chi connectivity index (χ3n) is 4.65. The van der Waals surface area contributed by atoms with Crippen molar-refractivity contribution in [3.8, 4) is 12.3 Å². The van der Waals surface area contributed by atoms with E-state index in [2.05, 4.69) is 20.9 Å². The smallest absolute Gasteiger partial charge is 0.312 e. The summed E-state index contributed by atoms with van der Waals surface area (Å²) < 4.78 is 26.0. The Morgan fingerprint density at radius 1 is 1.40 bits per heavy atom. The molecule has 0 spiro atoms. The Balaban J connectivity index is 1.92. The van der Waals surface area contributed by atoms with Crippen molar-refractivity contribution in [2.75, 3.05) is 19.5 Å². The van der Waals surface area contributed by atoms with Crippen LogP contribution in [-0.2, 0) is 27.2 Å². The Hall–Kier alpha value is -3.55. The quantitative estimate of drug-likeness (QED) is 0.314. The van der Waals surface area contributed by atoms with E-state index < -0.39 is 30.4 Å². The van der Waals surface area contributed by atoms with E-state index in [1.807, 2.05) is 6.07 Å². The second-order valence-corrected chi connectivity index (χ2v) is 6.48. The van der Waals surface area contributed by atoms with Crippen molar-refractivity contribution in [2.24, 2.45) is 0 Å². The van der Waals surface area contributed by atoms with Crippen molar-refractivity contribution in [2.45, 2.75) is 24.7 Å². The van der Waals surface area contributed by atoms with Gasteiger partial charge in [-0.3, -0.25) is 4.79 Å². The monoisotopic (exact) mass is 413 g/mol. The number of nitrogens with two attached hydrogens (primary N) is 1. The first-order valence-electron chi connectivity index (χ1n) is 8.93. The molecule has 0 radical (unpaired) electrons. The van der Waals surface area contributed by atoms with Gasteiger partial charge in [-0.05, 0) is 5.56 Å². The molecular formula is C20H20FN5O4. The van der Waals surface area contributed by atoms with E-state index in [0.29, 0.717) is 0 Å². The number of aliphatic hydroxyl groups excluding tert-OH is 1. The number of aromatic nitrogens is 4. The van der Waals surface area contributed by atoms with Gasteiger partial charge < -0.3 is 24.9 Å². The molecule has 2 aromatic heterocycles. The van der Waals surface area contributed by atoms with Crippen molar-refractivity contribution in [1.29, 1.82) is 0 Å². The van der Waals surface area contributed by atoms with Crippen molar-refractivity contribution in [3.63, 3.8) is 0 Å². The number of terminal acetylenes is 1. The molecule has 0 amide bonds. The number of anilines is 1. The van der Waals surface area contributed by atoms with Gasteiger partial charge in [-0.25, -0.2) is 4.98 Å². The van der Waals surface area contributed by atoms with E-state index in [1.165, 1.54) is 18.0 Å². The number of halogens is 1. The molecule has 2 atom stereocenters. The van der Waals surface area contributed by atoms with Crippen LogP contribution in [-0.4, -0.2) is 56.0 Å². The minimum Gasteiger partial charge on any atom is -0.456 e. The molecule has 2 heterocycles. The predicted molar refractivity (Wildman–Crippen MR) is 105 cm³/mol. The fourth-order valence-electron chi connectivity index (χ4n) is 2.99. The van der Waals surface area contributed by atoms with Crippen LogP contribution in [0.5, 0.6) is 0 Å². The molecule has 0 aliphatic rings. The van der Waals surface area contributed by atoms with E-state index >= 15 is 0 Å². The summed E-state index contributed by atoms with van der Waals surface area (Å²) in [6.07, 6.45) is 4.75. The number of carbonyl (C=O) groups is 1. The number of benzene rings is 1. The molecule has 10 heteroatoms. The lowest BCUT2D eigenvalue weighted by Gasteiger charge is -2.33. The highest BCUT2D eigenvalue weighted by Crippen LogP contribution is 2.23. The van der Waals surface area contributed by atoms with Crippen molar-refractivity contribution in [1.82, 2.24) is 19.5 Å². The molecule has 156 valence electrons. The zero-order valence-corrected chi connectivity index (χ0v) is 16.2. The standard InChI is InChI=1S/C20H20FN5O4/c1-3-20(11-27,29-2)14(30-15(28)9-13-7-5-4-6-8-13)10-26-12-23-16-17(22)24-19(21)25-18(16)26/h1,4-8,12,14,27H,9-11H2,2H3,(H2,22,24,25)/t14-,20?/m0/s1. The molecule has 3 rings (SSSR count). The number of aliphatic hydroxyl groups is 1. The first-order chi connectivity index (χ1) is 14.4. The number of hydrogen-bond donors (Lipinski definition) is 2. The molecule has 0 saturated carbocycles. The van der Waals surface area contributed by atoms with Crippen LogP contribution in [0.2, 0.25) is 0 Å². The van der Waals surface area contributed by atoms with Crippen molar-refractivity contribution < 1.29 is 23.8 Å². The summed E-state index contributed by atoms with van der Waals surface area (Å²) in [4.78, 5) is 23.8. The third kappa shape index (κ3) is 4.22. The Morgan fingerprint density at radius 3 is 2.77 bits per heavy atom. The van der Waals surface area contributed by atoms with E-state index in [1.54, 1.807) is 24.3 Å². The maximum atomic E-state index is 13.7. The molecule has 1 unspecified atom stereocenters. The van der Waals surface area contributed by atoms with E-state index in [4.69, 9.17) is 21.6 Å². The lowest BCUT2D eigenvalue weighted by molar-refractivity contribution is -0.167. The number of methoxy groups -OCH3 is 1. The summed E-state index contributed by atoms with van der Waals surface area (Å²) in [7, 11) is 1.29. The fourth-order valence-corrected chi connectivity index (χ4v) is 2.99. The predicted octanol–water partition coefficient (Wildman–Crippen LogP) is 0.713. The summed E-state index contributed by atoms with van der Waals surface area (Å²) in [5, 5.41) is 9.89. The van der Waals surface area contributed by atoms with Crippen LogP contribution in [0.1, 0.15) is 5.56 Å². The lowest BCUT2D eigenvalue weighted by Crippen LogP contribution is -2.50. The van der Waals surface area contributed by atoms with E-state index in [0.717, 1.165) is 5.56 Å². The molecule has 0 aliphatic heterocycles. The molecule has 0 fully saturated rings. The zero-order chi connectivity index (χ0) is 21.7. The number of carbonyl (C=O) groups excluding carboxylic acids is 1. The van der Waals surface area contributed by atoms with Gasteiger partial charge in [-0.2, -0.15) is 14.4 Å². The summed E-state index contributed by atoms with van der Waals surface area (Å²) in [5.74, 6) is 1.64. The van der Waals surface area contributed by atoms with Crippen LogP contribution in [0.3, 0.4) is 0 Å². The van der Waals surface area contributed by atoms with Crippen LogP contribution in [0.25, 0.3) is 11.2 Å². The Labute approximate surface area is 171 Å². The van der Waals surface area contributed by atoms with Gasteiger partial charge >= 0.3 is 12.0 Å². The van der Waals surface area contributed by atoms with Gasteiger partial charge in [0.15, 0.2) is 23.2 Å². The highest BCUT2D eigenvalue weighted by molar-refractivity contribution is 5.81. The summed E-state index contributed by atoms with van der Waals surface area (Å²) >= 11 is 0. The third-order valence-corrected chi connectivity index (χ3v) is 4.65. The average molecular weight is 413 g/mol. The highest BCUT2D eigenvalue weighted by atomic mass is 19.1. The Bertz CT molecular complexity index is 1080. The topological polar surface area (TPSA) is 125 Å². The first kappa shape index (κ1) is 21.2. The first-order valence-corrected chi connectivity index (χ1v) is 8.93.